The van der Waals surface area contributed by atoms with Crippen LogP contribution in [0.1, 0.15) is 26.5 Å². The maximum atomic E-state index is 5.38. The topological polar surface area (TPSA) is 63.8 Å². The summed E-state index contributed by atoms with van der Waals surface area (Å²) in [5.41, 5.74) is 6.47. The molecule has 0 saturated heterocycles. The summed E-state index contributed by atoms with van der Waals surface area (Å²) in [7, 11) is 0. The lowest BCUT2D eigenvalue weighted by atomic mass is 9.92. The Morgan fingerprint density at radius 1 is 1.43 bits per heavy atom. The van der Waals surface area contributed by atoms with Gasteiger partial charge in [0.05, 0.1) is 5.69 Å². The number of hydrogen-bond donors (Lipinski definition) is 2. The zero-order valence-electron chi connectivity index (χ0n) is 9.04. The molecule has 0 saturated carbocycles. The molecule has 0 aliphatic heterocycles. The van der Waals surface area contributed by atoms with E-state index in [-0.39, 0.29) is 5.41 Å². The van der Waals surface area contributed by atoms with Crippen molar-refractivity contribution >= 4 is 5.95 Å². The molecule has 0 bridgehead atoms. The molecule has 4 nitrogen and oxygen atoms in total. The van der Waals surface area contributed by atoms with Gasteiger partial charge in [0.25, 0.3) is 0 Å². The first-order chi connectivity index (χ1) is 6.54. The van der Waals surface area contributed by atoms with Crippen LogP contribution in [0.3, 0.4) is 0 Å². The summed E-state index contributed by atoms with van der Waals surface area (Å²) in [6.45, 7) is 7.67. The molecule has 0 aliphatic rings. The van der Waals surface area contributed by atoms with Gasteiger partial charge in [0, 0.05) is 24.7 Å². The van der Waals surface area contributed by atoms with Crippen LogP contribution in [0.2, 0.25) is 0 Å². The zero-order chi connectivity index (χ0) is 10.6. The van der Waals surface area contributed by atoms with E-state index in [1.165, 1.54) is 0 Å². The van der Waals surface area contributed by atoms with Crippen molar-refractivity contribution in [2.75, 3.05) is 18.4 Å². The van der Waals surface area contributed by atoms with Crippen molar-refractivity contribution in [3.8, 4) is 0 Å². The van der Waals surface area contributed by atoms with E-state index in [9.17, 15) is 0 Å². The molecule has 0 fully saturated rings. The normalized spacial score (nSPS) is 11.4. The van der Waals surface area contributed by atoms with Gasteiger partial charge in [-0.1, -0.05) is 20.8 Å². The Hall–Kier alpha value is -1.16. The third-order valence-corrected chi connectivity index (χ3v) is 1.85. The average molecular weight is 194 g/mol. The molecular formula is C10H18N4. The highest BCUT2D eigenvalue weighted by molar-refractivity contribution is 5.27. The van der Waals surface area contributed by atoms with Crippen LogP contribution >= 0.6 is 0 Å². The van der Waals surface area contributed by atoms with Crippen molar-refractivity contribution in [2.24, 2.45) is 5.73 Å². The van der Waals surface area contributed by atoms with E-state index < -0.39 is 0 Å². The average Bonchev–Trinajstić information content (AvgIpc) is 2.14. The maximum Gasteiger partial charge on any atom is 0.222 e. The number of nitrogens with zero attached hydrogens (tertiary/aromatic N) is 2. The van der Waals surface area contributed by atoms with Crippen molar-refractivity contribution in [3.05, 3.63) is 18.0 Å². The van der Waals surface area contributed by atoms with Crippen LogP contribution in [-0.4, -0.2) is 23.1 Å². The molecule has 1 aromatic heterocycles. The van der Waals surface area contributed by atoms with Crippen LogP contribution in [0.4, 0.5) is 5.95 Å². The van der Waals surface area contributed by atoms with Crippen molar-refractivity contribution in [3.63, 3.8) is 0 Å². The SMILES string of the molecule is CC(C)(C)c1ccnc(NCCN)n1. The van der Waals surface area contributed by atoms with Gasteiger partial charge in [0.2, 0.25) is 5.95 Å². The van der Waals surface area contributed by atoms with Gasteiger partial charge in [-0.3, -0.25) is 0 Å². The summed E-state index contributed by atoms with van der Waals surface area (Å²) in [5.74, 6) is 0.655. The van der Waals surface area contributed by atoms with E-state index in [1.807, 2.05) is 6.07 Å². The Morgan fingerprint density at radius 3 is 2.71 bits per heavy atom. The molecule has 0 aromatic carbocycles. The Labute approximate surface area is 85.0 Å². The minimum absolute atomic E-state index is 0.0576. The van der Waals surface area contributed by atoms with Crippen LogP contribution in [-0.2, 0) is 5.41 Å². The van der Waals surface area contributed by atoms with E-state index in [0.717, 1.165) is 5.69 Å². The Morgan fingerprint density at radius 2 is 2.14 bits per heavy atom. The first-order valence-electron chi connectivity index (χ1n) is 4.81. The van der Waals surface area contributed by atoms with Gasteiger partial charge in [0.1, 0.15) is 0 Å². The monoisotopic (exact) mass is 194 g/mol. The highest BCUT2D eigenvalue weighted by Gasteiger charge is 2.15. The van der Waals surface area contributed by atoms with Crippen LogP contribution < -0.4 is 11.1 Å². The van der Waals surface area contributed by atoms with Crippen molar-refractivity contribution in [2.45, 2.75) is 26.2 Å². The Bertz CT molecular complexity index is 290. The smallest absolute Gasteiger partial charge is 0.222 e. The second-order valence-electron chi connectivity index (χ2n) is 4.23. The molecule has 0 aliphatic carbocycles. The molecule has 1 rings (SSSR count). The molecule has 0 atom stereocenters. The standard InChI is InChI=1S/C10H18N4/c1-10(2,3)8-4-6-12-9(14-8)13-7-5-11/h4,6H,5,7,11H2,1-3H3,(H,12,13,14). The summed E-state index contributed by atoms with van der Waals surface area (Å²) in [6.07, 6.45) is 1.77. The number of nitrogens with one attached hydrogen (secondary N) is 1. The third kappa shape index (κ3) is 2.96. The molecule has 0 amide bonds. The molecule has 1 aromatic rings. The second-order valence-corrected chi connectivity index (χ2v) is 4.23. The summed E-state index contributed by atoms with van der Waals surface area (Å²) in [5, 5.41) is 3.06. The minimum atomic E-state index is 0.0576. The zero-order valence-corrected chi connectivity index (χ0v) is 9.04. The van der Waals surface area contributed by atoms with Crippen LogP contribution in [0.25, 0.3) is 0 Å². The molecular weight excluding hydrogens is 176 g/mol. The lowest BCUT2D eigenvalue weighted by Crippen LogP contribution is -2.18. The van der Waals surface area contributed by atoms with Gasteiger partial charge < -0.3 is 11.1 Å². The number of anilines is 1. The van der Waals surface area contributed by atoms with Crippen LogP contribution in [0.5, 0.6) is 0 Å². The van der Waals surface area contributed by atoms with Gasteiger partial charge in [-0.05, 0) is 6.07 Å². The molecule has 0 unspecified atom stereocenters. The number of rotatable bonds is 3. The van der Waals surface area contributed by atoms with E-state index in [2.05, 4.69) is 36.1 Å². The largest absolute Gasteiger partial charge is 0.353 e. The van der Waals surface area contributed by atoms with E-state index in [0.29, 0.717) is 19.0 Å². The van der Waals surface area contributed by atoms with Gasteiger partial charge in [-0.25, -0.2) is 9.97 Å². The summed E-state index contributed by atoms with van der Waals surface area (Å²) in [4.78, 5) is 8.52. The van der Waals surface area contributed by atoms with Gasteiger partial charge in [-0.2, -0.15) is 0 Å². The fraction of sp³-hybridized carbons (Fsp3) is 0.600. The first-order valence-corrected chi connectivity index (χ1v) is 4.81. The highest BCUT2D eigenvalue weighted by atomic mass is 15.1. The molecule has 0 spiro atoms. The van der Waals surface area contributed by atoms with Gasteiger partial charge in [0.15, 0.2) is 0 Å². The van der Waals surface area contributed by atoms with E-state index >= 15 is 0 Å². The second kappa shape index (κ2) is 4.37. The molecule has 78 valence electrons. The Balaban J connectivity index is 2.79. The lowest BCUT2D eigenvalue weighted by molar-refractivity contribution is 0.567. The van der Waals surface area contributed by atoms with Gasteiger partial charge in [-0.15, -0.1) is 0 Å². The highest BCUT2D eigenvalue weighted by Crippen LogP contribution is 2.19. The third-order valence-electron chi connectivity index (χ3n) is 1.85. The minimum Gasteiger partial charge on any atom is -0.353 e. The number of nitrogens with two attached hydrogens (primary N) is 1. The van der Waals surface area contributed by atoms with Crippen molar-refractivity contribution in [1.82, 2.24) is 9.97 Å². The number of aromatic nitrogens is 2. The predicted molar refractivity (Wildman–Crippen MR) is 58.3 cm³/mol. The first kappa shape index (κ1) is 10.9. The predicted octanol–water partition coefficient (Wildman–Crippen LogP) is 1.14. The number of hydrogen-bond acceptors (Lipinski definition) is 4. The van der Waals surface area contributed by atoms with E-state index in [1.54, 1.807) is 6.20 Å². The molecule has 3 N–H and O–H groups in total. The molecule has 0 radical (unpaired) electrons. The summed E-state index contributed by atoms with van der Waals surface area (Å²) >= 11 is 0. The van der Waals surface area contributed by atoms with Gasteiger partial charge >= 0.3 is 0 Å². The Kier molecular flexibility index (Phi) is 3.41. The van der Waals surface area contributed by atoms with Crippen molar-refractivity contribution < 1.29 is 0 Å². The fourth-order valence-corrected chi connectivity index (χ4v) is 1.05. The lowest BCUT2D eigenvalue weighted by Gasteiger charge is -2.17. The molecule has 4 heteroatoms. The fourth-order valence-electron chi connectivity index (χ4n) is 1.05. The maximum absolute atomic E-state index is 5.38. The van der Waals surface area contributed by atoms with Crippen LogP contribution in [0, 0.1) is 0 Å². The summed E-state index contributed by atoms with van der Waals surface area (Å²) in [6, 6.07) is 1.94. The quantitative estimate of drug-likeness (QED) is 0.757. The van der Waals surface area contributed by atoms with Crippen molar-refractivity contribution in [1.29, 1.82) is 0 Å². The summed E-state index contributed by atoms with van der Waals surface area (Å²) < 4.78 is 0. The van der Waals surface area contributed by atoms with Crippen LogP contribution in [0.15, 0.2) is 12.3 Å². The molecule has 14 heavy (non-hydrogen) atoms. The van der Waals surface area contributed by atoms with E-state index in [4.69, 9.17) is 5.73 Å². The molecule has 1 heterocycles.